The molecule has 0 saturated carbocycles. The zero-order valence-corrected chi connectivity index (χ0v) is 25.1. The van der Waals surface area contributed by atoms with Crippen LogP contribution in [-0.4, -0.2) is 50.7 Å². The topological polar surface area (TPSA) is 155 Å². The van der Waals surface area contributed by atoms with Crippen molar-refractivity contribution >= 4 is 54.4 Å². The summed E-state index contributed by atoms with van der Waals surface area (Å²) in [6.45, 7) is 3.43. The van der Waals surface area contributed by atoms with E-state index in [4.69, 9.17) is 0 Å². The average molecular weight is 628 g/mol. The van der Waals surface area contributed by atoms with Crippen LogP contribution in [0.5, 0.6) is 0 Å². The van der Waals surface area contributed by atoms with Crippen LogP contribution in [0.25, 0.3) is 0 Å². The first kappa shape index (κ1) is 31.2. The second kappa shape index (κ2) is 12.6. The highest BCUT2D eigenvalue weighted by Crippen LogP contribution is 2.21. The lowest BCUT2D eigenvalue weighted by atomic mass is 10.1. The van der Waals surface area contributed by atoms with Gasteiger partial charge in [-0.2, -0.15) is 20.2 Å². The summed E-state index contributed by atoms with van der Waals surface area (Å²) in [6, 6.07) is 17.2. The molecule has 0 fully saturated rings. The number of rotatable bonds is 10. The summed E-state index contributed by atoms with van der Waals surface area (Å²) in [5, 5.41) is 11.5. The van der Waals surface area contributed by atoms with Crippen LogP contribution in [-0.2, 0) is 19.7 Å². The zero-order valence-electron chi connectivity index (χ0n) is 23.4. The number of benzene rings is 3. The predicted octanol–water partition coefficient (Wildman–Crippen LogP) is 4.98. The Morgan fingerprint density at radius 1 is 0.651 bits per heavy atom. The molecule has 0 aliphatic heterocycles. The van der Waals surface area contributed by atoms with E-state index in [0.29, 0.717) is 22.6 Å². The average Bonchev–Trinajstić information content (AvgIpc) is 2.96. The third kappa shape index (κ3) is 8.39. The van der Waals surface area contributed by atoms with E-state index in [9.17, 15) is 25.6 Å². The van der Waals surface area contributed by atoms with Crippen LogP contribution in [0.15, 0.2) is 92.8 Å². The molecular weight excluding hydrogens is 600 g/mol. The summed E-state index contributed by atoms with van der Waals surface area (Å²) in [4.78, 5) is 9.02. The fraction of sp³-hybridized carbons (Fsp3) is 0.143. The quantitative estimate of drug-likeness (QED) is 0.163. The van der Waals surface area contributed by atoms with Gasteiger partial charge in [-0.1, -0.05) is 24.3 Å². The van der Waals surface area contributed by atoms with Crippen molar-refractivity contribution in [3.8, 4) is 0 Å². The molecule has 0 saturated heterocycles. The summed E-state index contributed by atoms with van der Waals surface area (Å²) in [6.07, 6.45) is 2.24. The largest absolute Gasteiger partial charge is 0.324 e. The second-order valence-corrected chi connectivity index (χ2v) is 13.5. The van der Waals surface area contributed by atoms with Crippen molar-refractivity contribution in [3.05, 3.63) is 95.6 Å². The molecule has 0 radical (unpaired) electrons. The molecular formula is C28H27F2N7O4S2. The number of hydrazone groups is 2. The summed E-state index contributed by atoms with van der Waals surface area (Å²) < 4.78 is 74.2. The highest BCUT2D eigenvalue weighted by molar-refractivity contribution is 7.91. The molecule has 0 spiro atoms. The standard InChI is InChI=1S/C28H27F2N7O4S2/c1-17(19-5-10-22(11-6-19)42(3,38)39)34-36-26-16-27(33-28(32-26)31-21-9-14-24(29)25(30)15-21)37-35-18(2)20-7-12-23(13-8-20)43(4,40)41/h5-16H,1-4H3,(H3,31,32,33,36,37). The first-order chi connectivity index (χ1) is 20.2. The van der Waals surface area contributed by atoms with E-state index in [0.717, 1.165) is 24.6 Å². The molecule has 0 unspecified atom stereocenters. The van der Waals surface area contributed by atoms with Crippen LogP contribution >= 0.6 is 0 Å². The lowest BCUT2D eigenvalue weighted by Crippen LogP contribution is -2.07. The minimum atomic E-state index is -3.34. The maximum absolute atomic E-state index is 13.8. The van der Waals surface area contributed by atoms with Crippen LogP contribution in [0.2, 0.25) is 0 Å². The van der Waals surface area contributed by atoms with Gasteiger partial charge in [-0.05, 0) is 61.4 Å². The van der Waals surface area contributed by atoms with E-state index in [1.165, 1.54) is 36.4 Å². The molecule has 1 aromatic heterocycles. The monoisotopic (exact) mass is 627 g/mol. The fourth-order valence-electron chi connectivity index (χ4n) is 3.62. The van der Waals surface area contributed by atoms with Crippen LogP contribution in [0.4, 0.5) is 32.1 Å². The number of hydrogen-bond donors (Lipinski definition) is 3. The summed E-state index contributed by atoms with van der Waals surface area (Å²) in [5.74, 6) is -1.64. The van der Waals surface area contributed by atoms with Gasteiger partial charge in [0.05, 0.1) is 21.2 Å². The van der Waals surface area contributed by atoms with Gasteiger partial charge >= 0.3 is 0 Å². The molecule has 0 aliphatic rings. The van der Waals surface area contributed by atoms with Crippen LogP contribution in [0, 0.1) is 11.6 Å². The van der Waals surface area contributed by atoms with Crippen LogP contribution < -0.4 is 16.2 Å². The SMILES string of the molecule is CC(=NNc1cc(NN=C(C)c2ccc(S(C)(=O)=O)cc2)nc(Nc2ccc(F)c(F)c2)n1)c1ccc(S(C)(=O)=O)cc1. The number of hydrogen-bond acceptors (Lipinski definition) is 11. The number of aromatic nitrogens is 2. The number of nitrogens with one attached hydrogen (secondary N) is 3. The second-order valence-electron chi connectivity index (χ2n) is 9.43. The van der Waals surface area contributed by atoms with E-state index in [1.807, 2.05) is 0 Å². The van der Waals surface area contributed by atoms with Gasteiger partial charge in [0.15, 0.2) is 42.9 Å². The van der Waals surface area contributed by atoms with Gasteiger partial charge in [0.2, 0.25) is 5.95 Å². The molecule has 0 bridgehead atoms. The highest BCUT2D eigenvalue weighted by atomic mass is 32.2. The summed E-state index contributed by atoms with van der Waals surface area (Å²) in [5.41, 5.74) is 8.19. The predicted molar refractivity (Wildman–Crippen MR) is 162 cm³/mol. The zero-order chi connectivity index (χ0) is 31.4. The Balaban J connectivity index is 1.61. The molecule has 1 heterocycles. The van der Waals surface area contributed by atoms with Crippen molar-refractivity contribution in [2.24, 2.45) is 10.2 Å². The first-order valence-corrected chi connectivity index (χ1v) is 16.3. The Morgan fingerprint density at radius 2 is 1.09 bits per heavy atom. The first-order valence-electron chi connectivity index (χ1n) is 12.5. The van der Waals surface area contributed by atoms with Crippen molar-refractivity contribution < 1.29 is 25.6 Å². The van der Waals surface area contributed by atoms with Crippen molar-refractivity contribution in [3.63, 3.8) is 0 Å². The molecule has 3 N–H and O–H groups in total. The Labute approximate surface area is 247 Å². The van der Waals surface area contributed by atoms with E-state index in [2.05, 4.69) is 36.3 Å². The van der Waals surface area contributed by atoms with Crippen molar-refractivity contribution in [1.29, 1.82) is 0 Å². The summed E-state index contributed by atoms with van der Waals surface area (Å²) >= 11 is 0. The number of nitrogens with zero attached hydrogens (tertiary/aromatic N) is 4. The maximum Gasteiger partial charge on any atom is 0.231 e. The minimum Gasteiger partial charge on any atom is -0.324 e. The fourth-order valence-corrected chi connectivity index (χ4v) is 4.88. The maximum atomic E-state index is 13.8. The van der Waals surface area contributed by atoms with Gasteiger partial charge in [0.25, 0.3) is 0 Å². The minimum absolute atomic E-state index is 0.00854. The molecule has 4 aromatic rings. The van der Waals surface area contributed by atoms with Crippen molar-refractivity contribution in [2.75, 3.05) is 28.7 Å². The Bertz CT molecular complexity index is 1820. The van der Waals surface area contributed by atoms with E-state index >= 15 is 0 Å². The summed E-state index contributed by atoms with van der Waals surface area (Å²) in [7, 11) is -6.69. The van der Waals surface area contributed by atoms with Gasteiger partial charge < -0.3 is 5.32 Å². The highest BCUT2D eigenvalue weighted by Gasteiger charge is 2.11. The molecule has 11 nitrogen and oxygen atoms in total. The molecule has 0 aliphatic carbocycles. The molecule has 224 valence electrons. The number of sulfone groups is 2. The van der Waals surface area contributed by atoms with Crippen molar-refractivity contribution in [2.45, 2.75) is 23.6 Å². The number of halogens is 2. The molecule has 15 heteroatoms. The van der Waals surface area contributed by atoms with Gasteiger partial charge in [0, 0.05) is 30.3 Å². The Hall–Kier alpha value is -4.76. The van der Waals surface area contributed by atoms with Crippen LogP contribution in [0.1, 0.15) is 25.0 Å². The van der Waals surface area contributed by atoms with Gasteiger partial charge in [-0.15, -0.1) is 0 Å². The molecule has 43 heavy (non-hydrogen) atoms. The third-order valence-electron chi connectivity index (χ3n) is 5.98. The smallest absolute Gasteiger partial charge is 0.231 e. The molecule has 0 atom stereocenters. The van der Waals surface area contributed by atoms with E-state index < -0.39 is 31.3 Å². The lowest BCUT2D eigenvalue weighted by Gasteiger charge is -2.11. The van der Waals surface area contributed by atoms with E-state index in [-0.39, 0.29) is 33.1 Å². The van der Waals surface area contributed by atoms with Gasteiger partial charge in [-0.25, -0.2) is 25.6 Å². The Morgan fingerprint density at radius 3 is 1.49 bits per heavy atom. The van der Waals surface area contributed by atoms with Crippen LogP contribution in [0.3, 0.4) is 0 Å². The third-order valence-corrected chi connectivity index (χ3v) is 8.24. The van der Waals surface area contributed by atoms with Gasteiger partial charge in [-0.3, -0.25) is 10.9 Å². The van der Waals surface area contributed by atoms with E-state index in [1.54, 1.807) is 38.1 Å². The normalized spacial score (nSPS) is 12.6. The lowest BCUT2D eigenvalue weighted by molar-refractivity contribution is 0.509. The Kier molecular flexibility index (Phi) is 9.16. The van der Waals surface area contributed by atoms with Crippen molar-refractivity contribution in [1.82, 2.24) is 9.97 Å². The molecule has 3 aromatic carbocycles. The molecule has 0 amide bonds. The number of anilines is 4. The van der Waals surface area contributed by atoms with Gasteiger partial charge in [0.1, 0.15) is 0 Å². The molecule has 4 rings (SSSR count).